The second-order valence-electron chi connectivity index (χ2n) is 4.80. The predicted octanol–water partition coefficient (Wildman–Crippen LogP) is 2.71. The number of rotatable bonds is 2. The molecule has 0 aliphatic carbocycles. The standard InChI is InChI=1S/C14H12F3N5O/c1-7-10(8-5-3-4-6-9(8)23-2)11(18)22-13(19-7)20-12(21-22)14(15,16)17/h3-6H,18H2,1-2H3. The molecule has 0 bridgehead atoms. The van der Waals surface area contributed by atoms with Crippen molar-refractivity contribution in [3.63, 3.8) is 0 Å². The minimum Gasteiger partial charge on any atom is -0.496 e. The molecule has 2 N–H and O–H groups in total. The third kappa shape index (κ3) is 2.43. The highest BCUT2D eigenvalue weighted by atomic mass is 19.4. The fourth-order valence-corrected chi connectivity index (χ4v) is 2.34. The quantitative estimate of drug-likeness (QED) is 0.784. The lowest BCUT2D eigenvalue weighted by Crippen LogP contribution is -2.09. The maximum atomic E-state index is 12.8. The highest BCUT2D eigenvalue weighted by Crippen LogP contribution is 2.36. The molecule has 0 unspecified atom stereocenters. The van der Waals surface area contributed by atoms with Gasteiger partial charge in [-0.25, -0.2) is 4.98 Å². The van der Waals surface area contributed by atoms with Crippen LogP contribution >= 0.6 is 0 Å². The van der Waals surface area contributed by atoms with E-state index in [2.05, 4.69) is 15.1 Å². The molecule has 0 aliphatic rings. The van der Waals surface area contributed by atoms with Gasteiger partial charge in [-0.1, -0.05) is 18.2 Å². The highest BCUT2D eigenvalue weighted by Gasteiger charge is 2.37. The summed E-state index contributed by atoms with van der Waals surface area (Å²) in [6.07, 6.45) is -4.67. The van der Waals surface area contributed by atoms with E-state index in [1.54, 1.807) is 31.2 Å². The number of halogens is 3. The molecule has 0 amide bonds. The Morgan fingerprint density at radius 1 is 1.17 bits per heavy atom. The van der Waals surface area contributed by atoms with Crippen LogP contribution in [0.4, 0.5) is 19.0 Å². The Hall–Kier alpha value is -2.84. The van der Waals surface area contributed by atoms with E-state index >= 15 is 0 Å². The molecule has 3 aromatic rings. The zero-order valence-electron chi connectivity index (χ0n) is 12.2. The first kappa shape index (κ1) is 15.1. The average molecular weight is 323 g/mol. The molecule has 0 aliphatic heterocycles. The number of fused-ring (bicyclic) bond motifs is 1. The van der Waals surface area contributed by atoms with Gasteiger partial charge < -0.3 is 10.5 Å². The number of nitrogens with two attached hydrogens (primary N) is 1. The second-order valence-corrected chi connectivity index (χ2v) is 4.80. The summed E-state index contributed by atoms with van der Waals surface area (Å²) in [5.41, 5.74) is 7.53. The first-order chi connectivity index (χ1) is 10.8. The predicted molar refractivity (Wildman–Crippen MR) is 76.9 cm³/mol. The molecule has 2 aromatic heterocycles. The Kier molecular flexibility index (Phi) is 3.35. The molecule has 9 heteroatoms. The molecule has 0 saturated carbocycles. The summed E-state index contributed by atoms with van der Waals surface area (Å²) >= 11 is 0. The number of hydrogen-bond acceptors (Lipinski definition) is 5. The van der Waals surface area contributed by atoms with Crippen molar-refractivity contribution in [2.24, 2.45) is 0 Å². The fraction of sp³-hybridized carbons (Fsp3) is 0.214. The summed E-state index contributed by atoms with van der Waals surface area (Å²) in [6.45, 7) is 1.64. The minimum absolute atomic E-state index is 0.0139. The Balaban J connectivity index is 2.30. The molecule has 120 valence electrons. The molecular weight excluding hydrogens is 311 g/mol. The number of para-hydroxylation sites is 1. The summed E-state index contributed by atoms with van der Waals surface area (Å²) < 4.78 is 44.5. The molecule has 0 saturated heterocycles. The molecule has 1 aromatic carbocycles. The van der Waals surface area contributed by atoms with Gasteiger partial charge in [0, 0.05) is 11.1 Å². The monoisotopic (exact) mass is 323 g/mol. The Bertz CT molecular complexity index is 888. The van der Waals surface area contributed by atoms with Gasteiger partial charge in [-0.05, 0) is 13.0 Å². The average Bonchev–Trinajstić information content (AvgIpc) is 2.92. The van der Waals surface area contributed by atoms with E-state index in [4.69, 9.17) is 10.5 Å². The zero-order chi connectivity index (χ0) is 16.8. The number of hydrogen-bond donors (Lipinski definition) is 1. The van der Waals surface area contributed by atoms with Crippen LogP contribution in [-0.2, 0) is 6.18 Å². The lowest BCUT2D eigenvalue weighted by atomic mass is 10.0. The van der Waals surface area contributed by atoms with Gasteiger partial charge in [0.15, 0.2) is 0 Å². The third-order valence-corrected chi connectivity index (χ3v) is 3.33. The molecule has 23 heavy (non-hydrogen) atoms. The number of anilines is 1. The van der Waals surface area contributed by atoms with Crippen LogP contribution in [-0.4, -0.2) is 26.7 Å². The molecule has 2 heterocycles. The SMILES string of the molecule is COc1ccccc1-c1c(C)nc2nc(C(F)(F)F)nn2c1N. The van der Waals surface area contributed by atoms with Crippen molar-refractivity contribution in [3.05, 3.63) is 35.8 Å². The summed E-state index contributed by atoms with van der Waals surface area (Å²) in [4.78, 5) is 7.46. The number of benzene rings is 1. The number of nitrogen functional groups attached to an aromatic ring is 1. The van der Waals surface area contributed by atoms with Crippen LogP contribution in [0, 0.1) is 6.92 Å². The lowest BCUT2D eigenvalue weighted by molar-refractivity contribution is -0.144. The maximum absolute atomic E-state index is 12.8. The van der Waals surface area contributed by atoms with Crippen LogP contribution in [0.3, 0.4) is 0 Å². The molecule has 3 rings (SSSR count). The van der Waals surface area contributed by atoms with Gasteiger partial charge in [-0.15, -0.1) is 5.10 Å². The van der Waals surface area contributed by atoms with Gasteiger partial charge in [0.25, 0.3) is 11.6 Å². The molecule has 0 spiro atoms. The Morgan fingerprint density at radius 3 is 2.52 bits per heavy atom. The van der Waals surface area contributed by atoms with E-state index in [0.717, 1.165) is 4.52 Å². The minimum atomic E-state index is -4.67. The van der Waals surface area contributed by atoms with E-state index in [1.165, 1.54) is 7.11 Å². The van der Waals surface area contributed by atoms with Crippen LogP contribution in [0.2, 0.25) is 0 Å². The Morgan fingerprint density at radius 2 is 1.87 bits per heavy atom. The van der Waals surface area contributed by atoms with Crippen molar-refractivity contribution in [1.29, 1.82) is 0 Å². The molecule has 0 radical (unpaired) electrons. The van der Waals surface area contributed by atoms with Crippen LogP contribution in [0.25, 0.3) is 16.9 Å². The summed E-state index contributed by atoms with van der Waals surface area (Å²) in [5, 5.41) is 3.42. The first-order valence-electron chi connectivity index (χ1n) is 6.56. The summed E-state index contributed by atoms with van der Waals surface area (Å²) in [5.74, 6) is -0.946. The number of aromatic nitrogens is 4. The van der Waals surface area contributed by atoms with Gasteiger partial charge in [0.05, 0.1) is 12.8 Å². The van der Waals surface area contributed by atoms with E-state index in [0.29, 0.717) is 22.6 Å². The van der Waals surface area contributed by atoms with Crippen LogP contribution in [0.15, 0.2) is 24.3 Å². The van der Waals surface area contributed by atoms with Gasteiger partial charge in [0.1, 0.15) is 11.6 Å². The van der Waals surface area contributed by atoms with Gasteiger partial charge in [-0.2, -0.15) is 22.7 Å². The first-order valence-corrected chi connectivity index (χ1v) is 6.56. The van der Waals surface area contributed by atoms with Gasteiger partial charge >= 0.3 is 6.18 Å². The largest absolute Gasteiger partial charge is 0.496 e. The fourth-order valence-electron chi connectivity index (χ4n) is 2.34. The Labute approximate surface area is 128 Å². The molecular formula is C14H12F3N5O. The van der Waals surface area contributed by atoms with Crippen molar-refractivity contribution in [1.82, 2.24) is 19.6 Å². The molecule has 0 fully saturated rings. The van der Waals surface area contributed by atoms with Crippen molar-refractivity contribution < 1.29 is 17.9 Å². The number of alkyl halides is 3. The van der Waals surface area contributed by atoms with Crippen LogP contribution in [0.1, 0.15) is 11.5 Å². The maximum Gasteiger partial charge on any atom is 0.453 e. The summed E-state index contributed by atoms with van der Waals surface area (Å²) in [7, 11) is 1.49. The van der Waals surface area contributed by atoms with E-state index in [1.807, 2.05) is 0 Å². The summed E-state index contributed by atoms with van der Waals surface area (Å²) in [6, 6.07) is 7.01. The van der Waals surface area contributed by atoms with E-state index < -0.39 is 12.0 Å². The van der Waals surface area contributed by atoms with Gasteiger partial charge in [0.2, 0.25) is 0 Å². The number of ether oxygens (including phenoxy) is 1. The highest BCUT2D eigenvalue weighted by molar-refractivity contribution is 5.81. The number of aryl methyl sites for hydroxylation is 1. The van der Waals surface area contributed by atoms with Crippen molar-refractivity contribution in [3.8, 4) is 16.9 Å². The third-order valence-electron chi connectivity index (χ3n) is 3.33. The smallest absolute Gasteiger partial charge is 0.453 e. The lowest BCUT2D eigenvalue weighted by Gasteiger charge is -2.13. The normalized spacial score (nSPS) is 11.9. The topological polar surface area (TPSA) is 78.3 Å². The van der Waals surface area contributed by atoms with E-state index in [-0.39, 0.29) is 11.6 Å². The second kappa shape index (κ2) is 5.11. The number of nitrogens with zero attached hydrogens (tertiary/aromatic N) is 4. The number of methoxy groups -OCH3 is 1. The van der Waals surface area contributed by atoms with Crippen LogP contribution in [0.5, 0.6) is 5.75 Å². The molecule has 0 atom stereocenters. The molecule has 6 nitrogen and oxygen atoms in total. The van der Waals surface area contributed by atoms with Crippen molar-refractivity contribution in [2.45, 2.75) is 13.1 Å². The van der Waals surface area contributed by atoms with Crippen molar-refractivity contribution >= 4 is 11.6 Å². The van der Waals surface area contributed by atoms with E-state index in [9.17, 15) is 13.2 Å². The van der Waals surface area contributed by atoms with Crippen LogP contribution < -0.4 is 10.5 Å². The van der Waals surface area contributed by atoms with Crippen molar-refractivity contribution in [2.75, 3.05) is 12.8 Å². The zero-order valence-corrected chi connectivity index (χ0v) is 12.2. The van der Waals surface area contributed by atoms with Gasteiger partial charge in [-0.3, -0.25) is 0 Å².